The van der Waals surface area contributed by atoms with Crippen LogP contribution in [0.4, 0.5) is 0 Å². The molecule has 0 bridgehead atoms. The fraction of sp³-hybridized carbons (Fsp3) is 0.368. The van der Waals surface area contributed by atoms with E-state index in [-0.39, 0.29) is 5.91 Å². The minimum Gasteiger partial charge on any atom is -0.354 e. The number of nitrogens with zero attached hydrogens (tertiary/aromatic N) is 5. The smallest absolute Gasteiger partial charge is 0.221 e. The second kappa shape index (κ2) is 7.51. The molecule has 0 radical (unpaired) electrons. The van der Waals surface area contributed by atoms with Crippen molar-refractivity contribution in [2.45, 2.75) is 38.3 Å². The second-order valence-corrected chi connectivity index (χ2v) is 6.55. The van der Waals surface area contributed by atoms with Crippen LogP contribution in [0.3, 0.4) is 0 Å². The van der Waals surface area contributed by atoms with Crippen molar-refractivity contribution < 1.29 is 4.79 Å². The molecule has 0 atom stereocenters. The molecule has 3 aromatic heterocycles. The summed E-state index contributed by atoms with van der Waals surface area (Å²) in [4.78, 5) is 16.1. The van der Waals surface area contributed by atoms with Gasteiger partial charge in [0.15, 0.2) is 0 Å². The van der Waals surface area contributed by atoms with Gasteiger partial charge in [-0.15, -0.1) is 0 Å². The second-order valence-electron chi connectivity index (χ2n) is 6.55. The molecule has 0 aliphatic heterocycles. The fourth-order valence-corrected chi connectivity index (χ4v) is 3.15. The normalized spacial score (nSPS) is 13.7. The molecule has 7 nitrogen and oxygen atoms in total. The zero-order chi connectivity index (χ0) is 17.8. The van der Waals surface area contributed by atoms with E-state index >= 15 is 0 Å². The van der Waals surface area contributed by atoms with Crippen LogP contribution in [0.15, 0.2) is 49.2 Å². The van der Waals surface area contributed by atoms with Crippen LogP contribution in [0.25, 0.3) is 11.1 Å². The third-order valence-electron chi connectivity index (χ3n) is 4.61. The number of nitrogens with one attached hydrogen (secondary N) is 1. The van der Waals surface area contributed by atoms with Gasteiger partial charge in [-0.05, 0) is 36.6 Å². The topological polar surface area (TPSA) is 77.6 Å². The Kier molecular flexibility index (Phi) is 4.77. The van der Waals surface area contributed by atoms with E-state index < -0.39 is 0 Å². The molecule has 1 N–H and O–H groups in total. The number of carbonyl (C=O) groups excluding carboxylic acids is 1. The molecule has 1 amide bonds. The van der Waals surface area contributed by atoms with Gasteiger partial charge in [-0.25, -0.2) is 0 Å². The van der Waals surface area contributed by atoms with Crippen molar-refractivity contribution in [3.8, 4) is 11.1 Å². The molecule has 4 rings (SSSR count). The summed E-state index contributed by atoms with van der Waals surface area (Å²) in [5, 5.41) is 11.7. The lowest BCUT2D eigenvalue weighted by atomic mass is 10.1. The van der Waals surface area contributed by atoms with Crippen LogP contribution in [-0.4, -0.2) is 37.0 Å². The van der Waals surface area contributed by atoms with Crippen LogP contribution in [0, 0.1) is 0 Å². The maximum absolute atomic E-state index is 12.0. The van der Waals surface area contributed by atoms with Crippen LogP contribution < -0.4 is 5.32 Å². The molecule has 0 unspecified atom stereocenters. The van der Waals surface area contributed by atoms with Crippen molar-refractivity contribution in [2.24, 2.45) is 0 Å². The Labute approximate surface area is 152 Å². The number of hydrogen-bond donors (Lipinski definition) is 1. The molecule has 3 heterocycles. The van der Waals surface area contributed by atoms with Crippen molar-refractivity contribution in [1.29, 1.82) is 0 Å². The quantitative estimate of drug-likeness (QED) is 0.676. The molecule has 134 valence electrons. The third kappa shape index (κ3) is 3.82. The Morgan fingerprint density at radius 3 is 2.73 bits per heavy atom. The Morgan fingerprint density at radius 1 is 1.15 bits per heavy atom. The average Bonchev–Trinajstić information content (AvgIpc) is 3.20. The third-order valence-corrected chi connectivity index (χ3v) is 4.61. The van der Waals surface area contributed by atoms with E-state index in [0.29, 0.717) is 32.0 Å². The Bertz CT molecular complexity index is 852. The molecule has 0 spiro atoms. The minimum atomic E-state index is 0.0370. The molecule has 7 heteroatoms. The van der Waals surface area contributed by atoms with Gasteiger partial charge in [0.1, 0.15) is 0 Å². The molecule has 26 heavy (non-hydrogen) atoms. The first-order valence-corrected chi connectivity index (χ1v) is 9.01. The number of pyridine rings is 1. The van der Waals surface area contributed by atoms with E-state index in [1.807, 2.05) is 47.7 Å². The summed E-state index contributed by atoms with van der Waals surface area (Å²) in [5.41, 5.74) is 3.61. The summed E-state index contributed by atoms with van der Waals surface area (Å²) >= 11 is 0. The SMILES string of the molecule is O=C(CCn1cccn1)NCCn1ncc(-c2ccncc2)c1C1CC1. The lowest BCUT2D eigenvalue weighted by molar-refractivity contribution is -0.121. The van der Waals surface area contributed by atoms with E-state index in [9.17, 15) is 4.79 Å². The van der Waals surface area contributed by atoms with Crippen molar-refractivity contribution in [2.75, 3.05) is 6.54 Å². The maximum Gasteiger partial charge on any atom is 0.221 e. The zero-order valence-corrected chi connectivity index (χ0v) is 14.6. The summed E-state index contributed by atoms with van der Waals surface area (Å²) in [6, 6.07) is 5.89. The van der Waals surface area contributed by atoms with Gasteiger partial charge in [0.2, 0.25) is 5.91 Å². The first-order valence-electron chi connectivity index (χ1n) is 9.01. The van der Waals surface area contributed by atoms with Gasteiger partial charge < -0.3 is 5.32 Å². The number of aryl methyl sites for hydroxylation is 1. The number of rotatable bonds is 8. The fourth-order valence-electron chi connectivity index (χ4n) is 3.15. The number of aromatic nitrogens is 5. The van der Waals surface area contributed by atoms with Crippen LogP contribution in [-0.2, 0) is 17.9 Å². The summed E-state index contributed by atoms with van der Waals surface area (Å²) in [7, 11) is 0. The number of carbonyl (C=O) groups is 1. The van der Waals surface area contributed by atoms with Crippen molar-refractivity contribution in [1.82, 2.24) is 29.9 Å². The number of hydrogen-bond acceptors (Lipinski definition) is 4. The van der Waals surface area contributed by atoms with Crippen molar-refractivity contribution in [3.63, 3.8) is 0 Å². The highest BCUT2D eigenvalue weighted by Gasteiger charge is 2.30. The Hall–Kier alpha value is -2.96. The number of amides is 1. The summed E-state index contributed by atoms with van der Waals surface area (Å²) in [5.74, 6) is 0.617. The first kappa shape index (κ1) is 16.5. The van der Waals surface area contributed by atoms with Gasteiger partial charge in [-0.1, -0.05) is 0 Å². The average molecular weight is 350 g/mol. The van der Waals surface area contributed by atoms with E-state index in [1.54, 1.807) is 10.9 Å². The van der Waals surface area contributed by atoms with Crippen LogP contribution in [0.5, 0.6) is 0 Å². The summed E-state index contributed by atoms with van der Waals surface area (Å²) in [6.45, 7) is 1.86. The van der Waals surface area contributed by atoms with Crippen molar-refractivity contribution in [3.05, 3.63) is 54.9 Å². The maximum atomic E-state index is 12.0. The van der Waals surface area contributed by atoms with Crippen LogP contribution in [0.1, 0.15) is 30.9 Å². The van der Waals surface area contributed by atoms with Crippen LogP contribution >= 0.6 is 0 Å². The summed E-state index contributed by atoms with van der Waals surface area (Å²) < 4.78 is 3.81. The highest BCUT2D eigenvalue weighted by atomic mass is 16.1. The van der Waals surface area contributed by atoms with E-state index in [2.05, 4.69) is 20.5 Å². The molecule has 1 fully saturated rings. The van der Waals surface area contributed by atoms with Gasteiger partial charge in [-0.3, -0.25) is 19.1 Å². The first-order chi connectivity index (χ1) is 12.8. The van der Waals surface area contributed by atoms with E-state index in [0.717, 1.165) is 5.56 Å². The summed E-state index contributed by atoms with van der Waals surface area (Å²) in [6.07, 6.45) is 12.0. The van der Waals surface area contributed by atoms with Gasteiger partial charge >= 0.3 is 0 Å². The highest BCUT2D eigenvalue weighted by Crippen LogP contribution is 2.44. The molecule has 3 aromatic rings. The van der Waals surface area contributed by atoms with Crippen LogP contribution in [0.2, 0.25) is 0 Å². The molecular weight excluding hydrogens is 328 g/mol. The molecule has 1 saturated carbocycles. The van der Waals surface area contributed by atoms with Crippen molar-refractivity contribution >= 4 is 5.91 Å². The standard InChI is InChI=1S/C19H22N6O/c26-18(6-12-24-11-1-7-22-24)21-10-13-25-19(16-2-3-16)17(14-23-25)15-4-8-20-9-5-15/h1,4-5,7-9,11,14,16H,2-3,6,10,12-13H2,(H,21,26). The molecule has 1 aliphatic rings. The van der Waals surface area contributed by atoms with Gasteiger partial charge in [0.05, 0.1) is 12.7 Å². The van der Waals surface area contributed by atoms with Gasteiger partial charge in [-0.2, -0.15) is 10.2 Å². The highest BCUT2D eigenvalue weighted by molar-refractivity contribution is 5.75. The minimum absolute atomic E-state index is 0.0370. The molecular formula is C19H22N6O. The molecule has 0 aromatic carbocycles. The molecule has 0 saturated heterocycles. The van der Waals surface area contributed by atoms with E-state index in [4.69, 9.17) is 0 Å². The van der Waals surface area contributed by atoms with Gasteiger partial charge in [0, 0.05) is 61.5 Å². The largest absolute Gasteiger partial charge is 0.354 e. The molecule has 1 aliphatic carbocycles. The Balaban J connectivity index is 1.35. The lowest BCUT2D eigenvalue weighted by Gasteiger charge is -2.10. The van der Waals surface area contributed by atoms with E-state index in [1.165, 1.54) is 24.1 Å². The Morgan fingerprint density at radius 2 is 2.00 bits per heavy atom. The predicted octanol–water partition coefficient (Wildman–Crippen LogP) is 2.23. The lowest BCUT2D eigenvalue weighted by Crippen LogP contribution is -2.28. The zero-order valence-electron chi connectivity index (χ0n) is 14.6. The predicted molar refractivity (Wildman–Crippen MR) is 97.3 cm³/mol. The monoisotopic (exact) mass is 350 g/mol. The van der Waals surface area contributed by atoms with Gasteiger partial charge in [0.25, 0.3) is 0 Å².